The zero-order valence-corrected chi connectivity index (χ0v) is 12.3. The van der Waals surface area contributed by atoms with Crippen molar-refractivity contribution in [2.45, 2.75) is 19.2 Å². The molecular weight excluding hydrogens is 325 g/mol. The molecule has 1 aromatic rings. The van der Waals surface area contributed by atoms with Gasteiger partial charge in [-0.1, -0.05) is 11.6 Å². The van der Waals surface area contributed by atoms with Crippen LogP contribution in [-0.4, -0.2) is 37.2 Å². The number of amides is 2. The van der Waals surface area contributed by atoms with Crippen LogP contribution in [0.25, 0.3) is 0 Å². The third-order valence-electron chi connectivity index (χ3n) is 2.42. The van der Waals surface area contributed by atoms with Gasteiger partial charge in [-0.3, -0.25) is 9.59 Å². The van der Waals surface area contributed by atoms with E-state index in [1.165, 1.54) is 0 Å². The molecule has 2 N–H and O–H groups in total. The van der Waals surface area contributed by atoms with Gasteiger partial charge in [0.1, 0.15) is 12.7 Å². The molecule has 2 amide bonds. The number of rotatable bonds is 6. The average molecular weight is 339 g/mol. The Morgan fingerprint density at radius 2 is 1.86 bits per heavy atom. The lowest BCUT2D eigenvalue weighted by Crippen LogP contribution is -2.40. The Balaban J connectivity index is 2.33. The zero-order chi connectivity index (χ0) is 16.8. The van der Waals surface area contributed by atoms with Crippen LogP contribution in [0.2, 0.25) is 5.02 Å². The number of hydrogen-bond acceptors (Lipinski definition) is 3. The van der Waals surface area contributed by atoms with Crippen molar-refractivity contribution in [3.63, 3.8) is 0 Å². The summed E-state index contributed by atoms with van der Waals surface area (Å²) in [6.07, 6.45) is -5.83. The topological polar surface area (TPSA) is 67.4 Å². The molecule has 0 saturated carbocycles. The molecule has 0 radical (unpaired) electrons. The van der Waals surface area contributed by atoms with Crippen LogP contribution in [0.5, 0.6) is 0 Å². The minimum Gasteiger partial charge on any atom is -0.359 e. The van der Waals surface area contributed by atoms with Gasteiger partial charge in [-0.15, -0.1) is 0 Å². The molecule has 22 heavy (non-hydrogen) atoms. The van der Waals surface area contributed by atoms with Crippen molar-refractivity contribution in [2.24, 2.45) is 0 Å². The van der Waals surface area contributed by atoms with Gasteiger partial charge in [-0.25, -0.2) is 0 Å². The first-order valence-electron chi connectivity index (χ1n) is 6.19. The van der Waals surface area contributed by atoms with Gasteiger partial charge in [0.25, 0.3) is 0 Å². The Morgan fingerprint density at radius 3 is 2.41 bits per heavy atom. The van der Waals surface area contributed by atoms with Crippen molar-refractivity contribution in [3.05, 3.63) is 29.3 Å². The molecule has 0 heterocycles. The summed E-state index contributed by atoms with van der Waals surface area (Å²) in [4.78, 5) is 23.0. The summed E-state index contributed by atoms with van der Waals surface area (Å²) in [6.45, 7) is -0.752. The molecule has 0 aliphatic carbocycles. The van der Waals surface area contributed by atoms with E-state index in [1.54, 1.807) is 24.3 Å². The first kappa shape index (κ1) is 18.2. The molecule has 122 valence electrons. The molecular formula is C13H14ClF3N2O3. The van der Waals surface area contributed by atoms with Gasteiger partial charge in [-0.05, 0) is 31.2 Å². The third kappa shape index (κ3) is 7.28. The van der Waals surface area contributed by atoms with Crippen molar-refractivity contribution in [1.29, 1.82) is 0 Å². The summed E-state index contributed by atoms with van der Waals surface area (Å²) in [5.41, 5.74) is 0.477. The van der Waals surface area contributed by atoms with E-state index in [-0.39, 0.29) is 6.54 Å². The van der Waals surface area contributed by atoms with Crippen molar-refractivity contribution in [3.8, 4) is 0 Å². The lowest BCUT2D eigenvalue weighted by atomic mass is 10.3. The van der Waals surface area contributed by atoms with Gasteiger partial charge in [0.05, 0.1) is 6.54 Å². The number of nitrogens with one attached hydrogen (secondary N) is 2. The Bertz CT molecular complexity index is 520. The highest BCUT2D eigenvalue weighted by atomic mass is 35.5. The van der Waals surface area contributed by atoms with Crippen LogP contribution < -0.4 is 10.6 Å². The maximum absolute atomic E-state index is 11.9. The number of benzene rings is 1. The molecule has 1 aromatic carbocycles. The second-order valence-electron chi connectivity index (χ2n) is 4.34. The van der Waals surface area contributed by atoms with Crippen LogP contribution in [0, 0.1) is 0 Å². The van der Waals surface area contributed by atoms with Gasteiger partial charge < -0.3 is 15.4 Å². The molecule has 0 aromatic heterocycles. The van der Waals surface area contributed by atoms with Crippen molar-refractivity contribution in [1.82, 2.24) is 5.32 Å². The predicted molar refractivity (Wildman–Crippen MR) is 74.6 cm³/mol. The molecule has 1 unspecified atom stereocenters. The van der Waals surface area contributed by atoms with Crippen LogP contribution in [-0.2, 0) is 14.3 Å². The lowest BCUT2D eigenvalue weighted by Gasteiger charge is -2.14. The molecule has 1 atom stereocenters. The van der Waals surface area contributed by atoms with Crippen LogP contribution in [0.4, 0.5) is 18.9 Å². The minimum atomic E-state index is -4.51. The predicted octanol–water partition coefficient (Wildman–Crippen LogP) is 2.36. The second-order valence-corrected chi connectivity index (χ2v) is 4.78. The van der Waals surface area contributed by atoms with Crippen molar-refractivity contribution >= 4 is 29.1 Å². The number of carbonyl (C=O) groups is 2. The number of anilines is 1. The van der Waals surface area contributed by atoms with Gasteiger partial charge in [-0.2, -0.15) is 13.2 Å². The summed E-state index contributed by atoms with van der Waals surface area (Å²) < 4.78 is 40.2. The maximum Gasteiger partial charge on any atom is 0.411 e. The van der Waals surface area contributed by atoms with E-state index in [4.69, 9.17) is 11.6 Å². The van der Waals surface area contributed by atoms with Crippen LogP contribution >= 0.6 is 11.6 Å². The highest BCUT2D eigenvalue weighted by Crippen LogP contribution is 2.15. The summed E-state index contributed by atoms with van der Waals surface area (Å²) in [5, 5.41) is 5.17. The van der Waals surface area contributed by atoms with Crippen LogP contribution in [0.1, 0.15) is 6.92 Å². The van der Waals surface area contributed by atoms with E-state index in [1.807, 2.05) is 0 Å². The third-order valence-corrected chi connectivity index (χ3v) is 2.67. The minimum absolute atomic E-state index is 0.388. The fourth-order valence-electron chi connectivity index (χ4n) is 1.34. The largest absolute Gasteiger partial charge is 0.411 e. The molecule has 0 aliphatic rings. The summed E-state index contributed by atoms with van der Waals surface area (Å²) in [7, 11) is 0. The highest BCUT2D eigenvalue weighted by molar-refractivity contribution is 6.30. The van der Waals surface area contributed by atoms with Gasteiger partial charge in [0.2, 0.25) is 11.8 Å². The average Bonchev–Trinajstić information content (AvgIpc) is 2.44. The number of alkyl halides is 3. The van der Waals surface area contributed by atoms with E-state index in [9.17, 15) is 22.8 Å². The van der Waals surface area contributed by atoms with E-state index < -0.39 is 30.7 Å². The fourth-order valence-corrected chi connectivity index (χ4v) is 1.47. The Hall–Kier alpha value is -1.80. The normalized spacial score (nSPS) is 12.6. The number of carbonyl (C=O) groups excluding carboxylic acids is 2. The quantitative estimate of drug-likeness (QED) is 0.836. The standard InChI is InChI=1S/C13H14ClF3N2O3/c1-8(22-7-13(15,16)17)12(21)18-6-11(20)19-10-4-2-9(14)3-5-10/h2-5,8H,6-7H2,1H3,(H,18,21)(H,19,20). The van der Waals surface area contributed by atoms with Crippen molar-refractivity contribution in [2.75, 3.05) is 18.5 Å². The van der Waals surface area contributed by atoms with E-state index in [0.717, 1.165) is 6.92 Å². The Labute approximate surface area is 129 Å². The number of halogens is 4. The number of ether oxygens (including phenoxy) is 1. The molecule has 0 fully saturated rings. The van der Waals surface area contributed by atoms with Gasteiger partial charge in [0.15, 0.2) is 0 Å². The molecule has 9 heteroatoms. The number of hydrogen-bond donors (Lipinski definition) is 2. The molecule has 0 saturated heterocycles. The summed E-state index contributed by atoms with van der Waals surface area (Å²) in [6, 6.07) is 6.28. The maximum atomic E-state index is 11.9. The smallest absolute Gasteiger partial charge is 0.359 e. The molecule has 1 rings (SSSR count). The monoisotopic (exact) mass is 338 g/mol. The molecule has 0 spiro atoms. The summed E-state index contributed by atoms with van der Waals surface area (Å²) >= 11 is 5.68. The van der Waals surface area contributed by atoms with Crippen LogP contribution in [0.15, 0.2) is 24.3 Å². The Morgan fingerprint density at radius 1 is 1.27 bits per heavy atom. The van der Waals surface area contributed by atoms with Crippen LogP contribution in [0.3, 0.4) is 0 Å². The summed E-state index contributed by atoms with van der Waals surface area (Å²) in [5.74, 6) is -1.34. The highest BCUT2D eigenvalue weighted by Gasteiger charge is 2.29. The van der Waals surface area contributed by atoms with Gasteiger partial charge >= 0.3 is 6.18 Å². The molecule has 0 bridgehead atoms. The lowest BCUT2D eigenvalue weighted by molar-refractivity contribution is -0.185. The van der Waals surface area contributed by atoms with E-state index >= 15 is 0 Å². The molecule has 0 aliphatic heterocycles. The zero-order valence-electron chi connectivity index (χ0n) is 11.5. The Kier molecular flexibility index (Phi) is 6.63. The van der Waals surface area contributed by atoms with Gasteiger partial charge in [0, 0.05) is 10.7 Å². The van der Waals surface area contributed by atoms with E-state index in [0.29, 0.717) is 10.7 Å². The van der Waals surface area contributed by atoms with Crippen molar-refractivity contribution < 1.29 is 27.5 Å². The molecule has 5 nitrogen and oxygen atoms in total. The fraction of sp³-hybridized carbons (Fsp3) is 0.385. The first-order chi connectivity index (χ1) is 10.2. The first-order valence-corrected chi connectivity index (χ1v) is 6.56. The SMILES string of the molecule is CC(OCC(F)(F)F)C(=O)NCC(=O)Nc1ccc(Cl)cc1. The van der Waals surface area contributed by atoms with E-state index in [2.05, 4.69) is 15.4 Å². The second kappa shape index (κ2) is 8.00.